The molecule has 1 heterocycles. The molecule has 0 radical (unpaired) electrons. The highest BCUT2D eigenvalue weighted by Crippen LogP contribution is 2.19. The summed E-state index contributed by atoms with van der Waals surface area (Å²) in [7, 11) is 0. The molecular weight excluding hydrogens is 292 g/mol. The van der Waals surface area contributed by atoms with Crippen molar-refractivity contribution >= 4 is 21.8 Å². The van der Waals surface area contributed by atoms with E-state index in [1.807, 2.05) is 24.3 Å². The molecule has 1 aliphatic heterocycles. The van der Waals surface area contributed by atoms with Crippen molar-refractivity contribution in [2.24, 2.45) is 5.92 Å². The van der Waals surface area contributed by atoms with Crippen LogP contribution in [-0.4, -0.2) is 24.5 Å². The Bertz CT molecular complexity index is 426. The Hall–Kier alpha value is -0.870. The van der Waals surface area contributed by atoms with Gasteiger partial charge in [0.05, 0.1) is 5.56 Å². The molecule has 1 aromatic carbocycles. The predicted octanol–water partition coefficient (Wildman–Crippen LogP) is 2.57. The molecule has 1 aliphatic rings. The van der Waals surface area contributed by atoms with Crippen molar-refractivity contribution in [2.45, 2.75) is 32.4 Å². The van der Waals surface area contributed by atoms with Gasteiger partial charge in [0, 0.05) is 16.6 Å². The molecule has 1 amide bonds. The molecule has 2 N–H and O–H groups in total. The van der Waals surface area contributed by atoms with Gasteiger partial charge in [-0.1, -0.05) is 19.1 Å². The monoisotopic (exact) mass is 310 g/mol. The van der Waals surface area contributed by atoms with Crippen molar-refractivity contribution in [3.8, 4) is 0 Å². The lowest BCUT2D eigenvalue weighted by Gasteiger charge is -2.36. The maximum absolute atomic E-state index is 12.3. The second-order valence-electron chi connectivity index (χ2n) is 4.99. The molecular formula is C14H19BrN2O. The molecule has 3 nitrogen and oxygen atoms in total. The minimum Gasteiger partial charge on any atom is -0.347 e. The molecule has 1 saturated heterocycles. The van der Waals surface area contributed by atoms with E-state index in [1.165, 1.54) is 0 Å². The summed E-state index contributed by atoms with van der Waals surface area (Å²) < 4.78 is 0.839. The number of piperidine rings is 1. The summed E-state index contributed by atoms with van der Waals surface area (Å²) in [5, 5.41) is 6.55. The van der Waals surface area contributed by atoms with Gasteiger partial charge in [0.1, 0.15) is 0 Å². The van der Waals surface area contributed by atoms with Gasteiger partial charge < -0.3 is 10.6 Å². The van der Waals surface area contributed by atoms with E-state index in [0.29, 0.717) is 17.5 Å². The van der Waals surface area contributed by atoms with E-state index in [-0.39, 0.29) is 11.9 Å². The first-order chi connectivity index (χ1) is 8.59. The topological polar surface area (TPSA) is 41.1 Å². The van der Waals surface area contributed by atoms with Crippen molar-refractivity contribution in [3.05, 3.63) is 34.3 Å². The zero-order valence-corrected chi connectivity index (χ0v) is 12.3. The summed E-state index contributed by atoms with van der Waals surface area (Å²) >= 11 is 3.42. The molecule has 3 atom stereocenters. The number of hydrogen-bond acceptors (Lipinski definition) is 2. The maximum atomic E-state index is 12.3. The number of benzene rings is 1. The van der Waals surface area contributed by atoms with Crippen LogP contribution in [0.2, 0.25) is 0 Å². The van der Waals surface area contributed by atoms with Crippen LogP contribution in [0.5, 0.6) is 0 Å². The molecule has 0 aromatic heterocycles. The van der Waals surface area contributed by atoms with Crippen LogP contribution in [0.4, 0.5) is 0 Å². The fraction of sp³-hybridized carbons (Fsp3) is 0.500. The summed E-state index contributed by atoms with van der Waals surface area (Å²) in [6.45, 7) is 5.35. The number of carbonyl (C=O) groups is 1. The Morgan fingerprint density at radius 2 is 2.11 bits per heavy atom. The lowest BCUT2D eigenvalue weighted by molar-refractivity contribution is 0.0897. The Balaban J connectivity index is 2.09. The van der Waals surface area contributed by atoms with Gasteiger partial charge in [-0.05, 0) is 53.9 Å². The van der Waals surface area contributed by atoms with Crippen LogP contribution in [0.25, 0.3) is 0 Å². The normalized spacial score (nSPS) is 27.8. The molecule has 4 heteroatoms. The van der Waals surface area contributed by atoms with Crippen LogP contribution in [-0.2, 0) is 0 Å². The van der Waals surface area contributed by atoms with E-state index in [4.69, 9.17) is 0 Å². The van der Waals surface area contributed by atoms with Gasteiger partial charge in [-0.15, -0.1) is 0 Å². The Morgan fingerprint density at radius 1 is 1.39 bits per heavy atom. The smallest absolute Gasteiger partial charge is 0.252 e. The molecule has 1 fully saturated rings. The van der Waals surface area contributed by atoms with Gasteiger partial charge >= 0.3 is 0 Å². The highest BCUT2D eigenvalue weighted by molar-refractivity contribution is 9.10. The summed E-state index contributed by atoms with van der Waals surface area (Å²) in [4.78, 5) is 12.3. The van der Waals surface area contributed by atoms with E-state index >= 15 is 0 Å². The van der Waals surface area contributed by atoms with E-state index in [9.17, 15) is 4.79 Å². The summed E-state index contributed by atoms with van der Waals surface area (Å²) in [6.07, 6.45) is 1.10. The van der Waals surface area contributed by atoms with E-state index in [1.54, 1.807) is 0 Å². The van der Waals surface area contributed by atoms with Crippen LogP contribution >= 0.6 is 15.9 Å². The molecule has 1 aromatic rings. The fourth-order valence-corrected chi connectivity index (χ4v) is 2.94. The largest absolute Gasteiger partial charge is 0.347 e. The van der Waals surface area contributed by atoms with Crippen molar-refractivity contribution in [1.29, 1.82) is 0 Å². The van der Waals surface area contributed by atoms with Crippen molar-refractivity contribution < 1.29 is 4.79 Å². The predicted molar refractivity (Wildman–Crippen MR) is 76.6 cm³/mol. The summed E-state index contributed by atoms with van der Waals surface area (Å²) in [6, 6.07) is 8.03. The van der Waals surface area contributed by atoms with Gasteiger partial charge in [0.2, 0.25) is 0 Å². The first-order valence-corrected chi connectivity index (χ1v) is 7.17. The summed E-state index contributed by atoms with van der Waals surface area (Å²) in [5.74, 6) is 0.502. The minimum absolute atomic E-state index is 0.00475. The third-order valence-corrected chi connectivity index (χ3v) is 4.33. The number of rotatable bonds is 2. The first-order valence-electron chi connectivity index (χ1n) is 6.38. The first kappa shape index (κ1) is 13.6. The third-order valence-electron chi connectivity index (χ3n) is 3.63. The second kappa shape index (κ2) is 5.85. The van der Waals surface area contributed by atoms with Gasteiger partial charge in [0.15, 0.2) is 0 Å². The average molecular weight is 311 g/mol. The third kappa shape index (κ3) is 2.93. The van der Waals surface area contributed by atoms with Gasteiger partial charge in [-0.25, -0.2) is 0 Å². The Kier molecular flexibility index (Phi) is 4.40. The second-order valence-corrected chi connectivity index (χ2v) is 5.84. The van der Waals surface area contributed by atoms with Crippen LogP contribution in [0.1, 0.15) is 30.6 Å². The molecule has 0 spiro atoms. The quantitative estimate of drug-likeness (QED) is 0.881. The molecule has 2 rings (SSSR count). The van der Waals surface area contributed by atoms with E-state index in [2.05, 4.69) is 40.4 Å². The average Bonchev–Trinajstić information content (AvgIpc) is 2.34. The molecule has 3 unspecified atom stereocenters. The maximum Gasteiger partial charge on any atom is 0.252 e. The zero-order chi connectivity index (χ0) is 13.1. The molecule has 98 valence electrons. The number of nitrogens with one attached hydrogen (secondary N) is 2. The van der Waals surface area contributed by atoms with Crippen molar-refractivity contribution in [2.75, 3.05) is 6.54 Å². The summed E-state index contributed by atoms with van der Waals surface area (Å²) in [5.41, 5.74) is 0.697. The lowest BCUT2D eigenvalue weighted by atomic mass is 9.89. The number of halogens is 1. The highest BCUT2D eigenvalue weighted by atomic mass is 79.9. The van der Waals surface area contributed by atoms with Crippen LogP contribution in [0.3, 0.4) is 0 Å². The minimum atomic E-state index is -0.00475. The zero-order valence-electron chi connectivity index (χ0n) is 10.7. The van der Waals surface area contributed by atoms with Gasteiger partial charge in [-0.2, -0.15) is 0 Å². The molecule has 18 heavy (non-hydrogen) atoms. The fourth-order valence-electron chi connectivity index (χ4n) is 2.48. The number of hydrogen-bond donors (Lipinski definition) is 2. The highest BCUT2D eigenvalue weighted by Gasteiger charge is 2.29. The van der Waals surface area contributed by atoms with Crippen molar-refractivity contribution in [3.63, 3.8) is 0 Å². The Morgan fingerprint density at radius 3 is 2.78 bits per heavy atom. The molecule has 0 aliphatic carbocycles. The van der Waals surface area contributed by atoms with Crippen molar-refractivity contribution in [1.82, 2.24) is 10.6 Å². The van der Waals surface area contributed by atoms with E-state index < -0.39 is 0 Å². The lowest BCUT2D eigenvalue weighted by Crippen LogP contribution is -2.55. The van der Waals surface area contributed by atoms with E-state index in [0.717, 1.165) is 17.4 Å². The van der Waals surface area contributed by atoms with Crippen LogP contribution in [0.15, 0.2) is 28.7 Å². The standard InChI is InChI=1S/C14H19BrN2O/c1-9-7-8-16-10(2)13(9)17-14(18)11-5-3-4-6-12(11)15/h3-6,9-10,13,16H,7-8H2,1-2H3,(H,17,18). The number of carbonyl (C=O) groups excluding carboxylic acids is 1. The van der Waals surface area contributed by atoms with Crippen LogP contribution in [0, 0.1) is 5.92 Å². The SMILES string of the molecule is CC1CCNC(C)C1NC(=O)c1ccccc1Br. The number of amides is 1. The Labute approximate surface area is 116 Å². The molecule has 0 bridgehead atoms. The van der Waals surface area contributed by atoms with Gasteiger partial charge in [-0.3, -0.25) is 4.79 Å². The molecule has 0 saturated carbocycles. The van der Waals surface area contributed by atoms with Crippen LogP contribution < -0.4 is 10.6 Å². The van der Waals surface area contributed by atoms with Gasteiger partial charge in [0.25, 0.3) is 5.91 Å².